The third-order valence-electron chi connectivity index (χ3n) is 12.7. The van der Waals surface area contributed by atoms with E-state index in [0.717, 1.165) is 104 Å². The monoisotopic (exact) mass is 951 g/mol. The number of hydrogen-bond donors (Lipinski definition) is 2. The average Bonchev–Trinajstić information content (AvgIpc) is 3.98. The van der Waals surface area contributed by atoms with Gasteiger partial charge in [-0.3, -0.25) is 24.0 Å². The number of rotatable bonds is 17. The van der Waals surface area contributed by atoms with Gasteiger partial charge in [0.2, 0.25) is 5.91 Å². The van der Waals surface area contributed by atoms with Crippen LogP contribution in [0.3, 0.4) is 0 Å². The van der Waals surface area contributed by atoms with Crippen LogP contribution in [0.25, 0.3) is 50.9 Å². The summed E-state index contributed by atoms with van der Waals surface area (Å²) in [5, 5.41) is 0. The van der Waals surface area contributed by atoms with Crippen molar-refractivity contribution in [1.82, 2.24) is 24.8 Å². The number of aromatic nitrogens is 4. The SMILES string of the molecule is C=Cc1c(C)c2cc3nc(c(C)c4nc(cc5[nH]c(cc1[nH]2)c(C)c5CC)C(C)=C4)C(CCC(=O)N(C)CCCCCS[C@@H]1O[C@H](COC(C)=O)[C@@H](OC(C)=O)[C@H](OC(C)=O)[C@H]1OC(C)=O)=C3C. The van der Waals surface area contributed by atoms with Crippen LogP contribution in [0.1, 0.15) is 131 Å². The van der Waals surface area contributed by atoms with Crippen LogP contribution in [0.15, 0.2) is 24.8 Å². The second kappa shape index (κ2) is 22.4. The highest BCUT2D eigenvalue weighted by Gasteiger charge is 2.52. The zero-order valence-corrected chi connectivity index (χ0v) is 42.0. The van der Waals surface area contributed by atoms with Crippen molar-refractivity contribution in [2.24, 2.45) is 0 Å². The van der Waals surface area contributed by atoms with Crippen molar-refractivity contribution in [3.63, 3.8) is 0 Å². The fourth-order valence-corrected chi connectivity index (χ4v) is 10.3. The predicted octanol–water partition coefficient (Wildman–Crippen LogP) is 9.16. The van der Waals surface area contributed by atoms with Gasteiger partial charge >= 0.3 is 23.9 Å². The zero-order chi connectivity index (χ0) is 49.6. The lowest BCUT2D eigenvalue weighted by molar-refractivity contribution is -0.237. The molecule has 0 aliphatic carbocycles. The van der Waals surface area contributed by atoms with Gasteiger partial charge in [-0.15, -0.1) is 11.8 Å². The smallest absolute Gasteiger partial charge is 0.303 e. The Morgan fingerprint density at radius 1 is 0.779 bits per heavy atom. The van der Waals surface area contributed by atoms with Crippen LogP contribution in [-0.2, 0) is 54.1 Å². The van der Waals surface area contributed by atoms with Gasteiger partial charge in [0, 0.05) is 80.9 Å². The number of thioether (sulfide) groups is 1. The third kappa shape index (κ3) is 11.8. The summed E-state index contributed by atoms with van der Waals surface area (Å²) in [7, 11) is 1.82. The Hall–Kier alpha value is -6.00. The molecule has 6 heterocycles. The number of hydrogen-bond acceptors (Lipinski definition) is 13. The highest BCUT2D eigenvalue weighted by molar-refractivity contribution is 7.99. The van der Waals surface area contributed by atoms with Crippen molar-refractivity contribution in [1.29, 1.82) is 0 Å². The number of aryl methyl sites for hydroxylation is 3. The van der Waals surface area contributed by atoms with Crippen LogP contribution in [0.2, 0.25) is 0 Å². The largest absolute Gasteiger partial charge is 0.463 e. The molecule has 1 fully saturated rings. The molecular formula is C52H65N5O10S. The number of unbranched alkanes of at least 4 members (excludes halogenated alkanes) is 2. The molecular weight excluding hydrogens is 887 g/mol. The number of fused-ring (bicyclic) bond motifs is 8. The Morgan fingerprint density at radius 2 is 1.43 bits per heavy atom. The minimum atomic E-state index is -1.21. The average molecular weight is 952 g/mol. The first-order valence-electron chi connectivity index (χ1n) is 23.2. The Kier molecular flexibility index (Phi) is 16.9. The molecule has 68 heavy (non-hydrogen) atoms. The summed E-state index contributed by atoms with van der Waals surface area (Å²) in [5.74, 6) is -1.99. The van der Waals surface area contributed by atoms with Crippen molar-refractivity contribution >= 4 is 92.5 Å². The normalized spacial score (nSPS) is 19.0. The van der Waals surface area contributed by atoms with E-state index in [1.165, 1.54) is 50.6 Å². The van der Waals surface area contributed by atoms with E-state index < -0.39 is 53.7 Å². The molecule has 6 rings (SSSR count). The topological polar surface area (TPSA) is 192 Å². The summed E-state index contributed by atoms with van der Waals surface area (Å²) in [6.07, 6.45) is 3.40. The molecule has 5 atom stereocenters. The number of nitrogens with zero attached hydrogens (tertiary/aromatic N) is 3. The van der Waals surface area contributed by atoms with Crippen molar-refractivity contribution < 1.29 is 47.7 Å². The fraction of sp³-hybridized carbons (Fsp3) is 0.481. The molecule has 0 aromatic carbocycles. The molecule has 0 unspecified atom stereocenters. The highest BCUT2D eigenvalue weighted by Crippen LogP contribution is 2.38. The van der Waals surface area contributed by atoms with Crippen LogP contribution >= 0.6 is 11.8 Å². The molecule has 0 spiro atoms. The van der Waals surface area contributed by atoms with Crippen molar-refractivity contribution in [2.75, 3.05) is 26.0 Å². The quantitative estimate of drug-likeness (QED) is 0.0740. The minimum Gasteiger partial charge on any atom is -0.463 e. The maximum atomic E-state index is 13.7. The number of amides is 1. The lowest BCUT2D eigenvalue weighted by atomic mass is 9.98. The van der Waals surface area contributed by atoms with E-state index >= 15 is 0 Å². The van der Waals surface area contributed by atoms with E-state index in [0.29, 0.717) is 25.1 Å². The number of esters is 4. The number of aromatic amines is 2. The van der Waals surface area contributed by atoms with Gasteiger partial charge in [-0.05, 0) is 124 Å². The molecule has 1 amide bonds. The van der Waals surface area contributed by atoms with Crippen molar-refractivity contribution in [3.8, 4) is 0 Å². The second-order valence-electron chi connectivity index (χ2n) is 17.6. The standard InChI is InChI=1S/C52H65N5O10S/c1-13-36-29(5)42-25-45-37(14-2)28(4)41(54-45)24-43-30(6)38(48(56-43)31(7)40-22-27(3)39(53-40)23-44(36)55-42)18-19-47(62)57(12)20-16-15-17-21-68-52-51(66-35(11)61)50(65-34(10)60)49(64-33(9)59)46(67-52)26-63-32(8)58/h14,22-25,46,49-52,54-55H,2,13,15-21,26H2,1,3-12H3/t46-,49-,50+,51-,52+/m1/s1. The molecule has 15 nitrogen and oxygen atoms in total. The Bertz CT molecular complexity index is 2710. The molecule has 16 heteroatoms. The number of H-pyrrole nitrogens is 2. The summed E-state index contributed by atoms with van der Waals surface area (Å²) in [4.78, 5) is 81.4. The first kappa shape index (κ1) is 51.4. The van der Waals surface area contributed by atoms with E-state index in [1.807, 2.05) is 13.1 Å². The number of ether oxygens (including phenoxy) is 5. The molecule has 0 saturated carbocycles. The summed E-state index contributed by atoms with van der Waals surface area (Å²) in [6, 6.07) is 6.39. The summed E-state index contributed by atoms with van der Waals surface area (Å²) in [5.41, 5.74) is 15.1. The van der Waals surface area contributed by atoms with Crippen LogP contribution in [-0.4, -0.2) is 110 Å². The second-order valence-corrected chi connectivity index (χ2v) is 18.8. The van der Waals surface area contributed by atoms with Crippen molar-refractivity contribution in [3.05, 3.63) is 75.4 Å². The van der Waals surface area contributed by atoms with E-state index in [4.69, 9.17) is 33.7 Å². The van der Waals surface area contributed by atoms with Gasteiger partial charge in [0.15, 0.2) is 18.3 Å². The van der Waals surface area contributed by atoms with Gasteiger partial charge in [0.05, 0.1) is 22.8 Å². The number of carbonyl (C=O) groups is 5. The molecule has 3 aromatic heterocycles. The summed E-state index contributed by atoms with van der Waals surface area (Å²) in [6.45, 7) is 21.9. The number of nitrogens with one attached hydrogen (secondary N) is 2. The lowest BCUT2D eigenvalue weighted by Crippen LogP contribution is -2.61. The predicted molar refractivity (Wildman–Crippen MR) is 266 cm³/mol. The molecule has 3 aliphatic rings. The molecule has 1 saturated heterocycles. The summed E-state index contributed by atoms with van der Waals surface area (Å²) >= 11 is 1.35. The van der Waals surface area contributed by atoms with Gasteiger partial charge in [0.25, 0.3) is 0 Å². The van der Waals surface area contributed by atoms with E-state index in [2.05, 4.69) is 82.4 Å². The van der Waals surface area contributed by atoms with Crippen LogP contribution in [0.5, 0.6) is 0 Å². The summed E-state index contributed by atoms with van der Waals surface area (Å²) < 4.78 is 28.1. The Labute approximate surface area is 402 Å². The molecule has 8 bridgehead atoms. The maximum absolute atomic E-state index is 13.7. The third-order valence-corrected chi connectivity index (χ3v) is 13.9. The lowest BCUT2D eigenvalue weighted by Gasteiger charge is -2.44. The minimum absolute atomic E-state index is 0.0207. The molecule has 0 radical (unpaired) electrons. The van der Waals surface area contributed by atoms with Gasteiger partial charge in [-0.2, -0.15) is 0 Å². The number of allylic oxidation sites excluding steroid dienone is 3. The van der Waals surface area contributed by atoms with Crippen LogP contribution in [0.4, 0.5) is 0 Å². The Morgan fingerprint density at radius 3 is 2.09 bits per heavy atom. The Balaban J connectivity index is 1.16. The molecule has 3 aromatic rings. The van der Waals surface area contributed by atoms with Crippen LogP contribution < -0.4 is 0 Å². The highest BCUT2D eigenvalue weighted by atomic mass is 32.2. The molecule has 3 aliphatic heterocycles. The first-order chi connectivity index (χ1) is 32.3. The van der Waals surface area contributed by atoms with Gasteiger partial charge in [-0.25, -0.2) is 9.97 Å². The maximum Gasteiger partial charge on any atom is 0.303 e. The molecule has 2 N–H and O–H groups in total. The van der Waals surface area contributed by atoms with E-state index in [9.17, 15) is 24.0 Å². The van der Waals surface area contributed by atoms with Gasteiger partial charge in [-0.1, -0.05) is 26.0 Å². The van der Waals surface area contributed by atoms with E-state index in [-0.39, 0.29) is 12.5 Å². The van der Waals surface area contributed by atoms with E-state index in [1.54, 1.807) is 4.90 Å². The van der Waals surface area contributed by atoms with Crippen LogP contribution in [0, 0.1) is 20.8 Å². The first-order valence-corrected chi connectivity index (χ1v) is 24.3. The van der Waals surface area contributed by atoms with Gasteiger partial charge in [0.1, 0.15) is 18.1 Å². The van der Waals surface area contributed by atoms with Crippen molar-refractivity contribution in [2.45, 2.75) is 138 Å². The zero-order valence-electron chi connectivity index (χ0n) is 41.2. The fourth-order valence-electron chi connectivity index (χ4n) is 9.04. The van der Waals surface area contributed by atoms with Gasteiger partial charge < -0.3 is 38.6 Å². The number of carbonyl (C=O) groups excluding carboxylic acids is 5. The molecule has 364 valence electrons.